The van der Waals surface area contributed by atoms with Crippen LogP contribution in [0.3, 0.4) is 0 Å². The van der Waals surface area contributed by atoms with Gasteiger partial charge in [-0.05, 0) is 30.7 Å². The summed E-state index contributed by atoms with van der Waals surface area (Å²) in [4.78, 5) is 11.8. The molecule has 2 N–H and O–H groups in total. The van der Waals surface area contributed by atoms with Crippen LogP contribution in [0.15, 0.2) is 48.5 Å². The van der Waals surface area contributed by atoms with Crippen molar-refractivity contribution in [2.24, 2.45) is 0 Å². The zero-order valence-electron chi connectivity index (χ0n) is 12.8. The minimum atomic E-state index is -0.294. The van der Waals surface area contributed by atoms with E-state index in [0.717, 1.165) is 11.3 Å². The first-order valence-electron chi connectivity index (χ1n) is 7.07. The van der Waals surface area contributed by atoms with Gasteiger partial charge in [-0.3, -0.25) is 0 Å². The van der Waals surface area contributed by atoms with Crippen LogP contribution in [0, 0.1) is 6.92 Å². The van der Waals surface area contributed by atoms with Crippen LogP contribution in [0.4, 0.5) is 10.5 Å². The lowest BCUT2D eigenvalue weighted by atomic mass is 10.2. The maximum atomic E-state index is 11.8. The van der Waals surface area contributed by atoms with Gasteiger partial charge in [0.2, 0.25) is 0 Å². The van der Waals surface area contributed by atoms with Gasteiger partial charge in [-0.15, -0.1) is 0 Å². The van der Waals surface area contributed by atoms with Gasteiger partial charge in [-0.2, -0.15) is 0 Å². The van der Waals surface area contributed by atoms with Gasteiger partial charge in [-0.1, -0.05) is 30.3 Å². The molecule has 0 aliphatic rings. The third-order valence-electron chi connectivity index (χ3n) is 3.09. The van der Waals surface area contributed by atoms with Crippen molar-refractivity contribution in [1.82, 2.24) is 5.32 Å². The summed E-state index contributed by atoms with van der Waals surface area (Å²) < 4.78 is 10.8. The van der Waals surface area contributed by atoms with Gasteiger partial charge in [0.25, 0.3) is 0 Å². The lowest BCUT2D eigenvalue weighted by Crippen LogP contribution is -2.32. The Labute approximate surface area is 130 Å². The predicted octanol–water partition coefficient (Wildman–Crippen LogP) is 3.20. The van der Waals surface area contributed by atoms with Crippen LogP contribution in [0.2, 0.25) is 0 Å². The summed E-state index contributed by atoms with van der Waals surface area (Å²) in [5, 5.41) is 5.48. The topological polar surface area (TPSA) is 59.6 Å². The lowest BCUT2D eigenvalue weighted by Gasteiger charge is -2.12. The highest BCUT2D eigenvalue weighted by Crippen LogP contribution is 2.22. The Kier molecular flexibility index (Phi) is 5.65. The summed E-state index contributed by atoms with van der Waals surface area (Å²) in [6.45, 7) is 2.80. The second-order valence-electron chi connectivity index (χ2n) is 4.70. The third-order valence-corrected chi connectivity index (χ3v) is 3.09. The van der Waals surface area contributed by atoms with E-state index in [1.165, 1.54) is 0 Å². The molecule has 0 aromatic heterocycles. The van der Waals surface area contributed by atoms with Crippen molar-refractivity contribution < 1.29 is 14.3 Å². The van der Waals surface area contributed by atoms with Crippen LogP contribution in [0.25, 0.3) is 0 Å². The minimum absolute atomic E-state index is 0.294. The summed E-state index contributed by atoms with van der Waals surface area (Å²) >= 11 is 0. The maximum absolute atomic E-state index is 11.8. The molecule has 0 bridgehead atoms. The quantitative estimate of drug-likeness (QED) is 0.805. The summed E-state index contributed by atoms with van der Waals surface area (Å²) in [7, 11) is 1.56. The number of hydrogen-bond acceptors (Lipinski definition) is 3. The van der Waals surface area contributed by atoms with Crippen LogP contribution in [0.1, 0.15) is 5.56 Å². The Hall–Kier alpha value is -2.69. The van der Waals surface area contributed by atoms with Crippen molar-refractivity contribution in [2.75, 3.05) is 25.6 Å². The number of amides is 2. The largest absolute Gasteiger partial charge is 0.495 e. The van der Waals surface area contributed by atoms with Crippen LogP contribution in [-0.2, 0) is 0 Å². The number of nitrogens with one attached hydrogen (secondary N) is 2. The molecule has 0 radical (unpaired) electrons. The van der Waals surface area contributed by atoms with Crippen molar-refractivity contribution >= 4 is 11.7 Å². The molecule has 2 aromatic rings. The van der Waals surface area contributed by atoms with Crippen molar-refractivity contribution in [3.8, 4) is 11.5 Å². The number of aryl methyl sites for hydroxylation is 1. The first-order valence-corrected chi connectivity index (χ1v) is 7.07. The number of methoxy groups -OCH3 is 1. The molecule has 5 heteroatoms. The van der Waals surface area contributed by atoms with E-state index in [1.54, 1.807) is 19.2 Å². The van der Waals surface area contributed by atoms with E-state index in [1.807, 2.05) is 43.3 Å². The number of carbonyl (C=O) groups excluding carboxylic acids is 1. The maximum Gasteiger partial charge on any atom is 0.319 e. The molecule has 0 fully saturated rings. The normalized spacial score (nSPS) is 9.91. The molecule has 0 saturated carbocycles. The first kappa shape index (κ1) is 15.7. The van der Waals surface area contributed by atoms with Crippen molar-refractivity contribution in [3.05, 3.63) is 54.1 Å². The van der Waals surface area contributed by atoms with Crippen molar-refractivity contribution in [1.29, 1.82) is 0 Å². The Morgan fingerprint density at radius 1 is 1.05 bits per heavy atom. The van der Waals surface area contributed by atoms with Crippen LogP contribution in [0.5, 0.6) is 11.5 Å². The van der Waals surface area contributed by atoms with Crippen molar-refractivity contribution in [3.63, 3.8) is 0 Å². The van der Waals surface area contributed by atoms with E-state index in [2.05, 4.69) is 10.6 Å². The van der Waals surface area contributed by atoms with E-state index in [4.69, 9.17) is 9.47 Å². The van der Waals surface area contributed by atoms with Crippen molar-refractivity contribution in [2.45, 2.75) is 6.92 Å². The fraction of sp³-hybridized carbons (Fsp3) is 0.235. The molecular weight excluding hydrogens is 280 g/mol. The van der Waals surface area contributed by atoms with Gasteiger partial charge in [0, 0.05) is 0 Å². The molecule has 5 nitrogen and oxygen atoms in total. The standard InChI is InChI=1S/C17H20N2O3/c1-13-7-3-5-9-15(13)22-12-11-18-17(20)19-14-8-4-6-10-16(14)21-2/h3-10H,11-12H2,1-2H3,(H2,18,19,20). The van der Waals surface area contributed by atoms with Gasteiger partial charge in [-0.25, -0.2) is 4.79 Å². The fourth-order valence-electron chi connectivity index (χ4n) is 1.96. The molecule has 116 valence electrons. The molecule has 0 aliphatic heterocycles. The highest BCUT2D eigenvalue weighted by Gasteiger charge is 2.06. The fourth-order valence-corrected chi connectivity index (χ4v) is 1.96. The summed E-state index contributed by atoms with van der Waals surface area (Å²) in [6, 6.07) is 14.7. The number of hydrogen-bond donors (Lipinski definition) is 2. The molecule has 0 unspecified atom stereocenters. The number of ether oxygens (including phenoxy) is 2. The monoisotopic (exact) mass is 300 g/mol. The third kappa shape index (κ3) is 4.41. The molecule has 0 saturated heterocycles. The van der Waals surface area contributed by atoms with Gasteiger partial charge in [0.1, 0.15) is 18.1 Å². The lowest BCUT2D eigenvalue weighted by molar-refractivity contribution is 0.247. The number of carbonyl (C=O) groups is 1. The SMILES string of the molecule is COc1ccccc1NC(=O)NCCOc1ccccc1C. The van der Waals surface area contributed by atoms with Gasteiger partial charge >= 0.3 is 6.03 Å². The predicted molar refractivity (Wildman–Crippen MR) is 86.7 cm³/mol. The number of urea groups is 1. The van der Waals surface area contributed by atoms with Gasteiger partial charge in [0.15, 0.2) is 0 Å². The Morgan fingerprint density at radius 2 is 1.73 bits per heavy atom. The molecule has 0 spiro atoms. The number of benzene rings is 2. The van der Waals surface area contributed by atoms with E-state index in [9.17, 15) is 4.79 Å². The second kappa shape index (κ2) is 7.93. The Morgan fingerprint density at radius 3 is 2.45 bits per heavy atom. The summed E-state index contributed by atoms with van der Waals surface area (Å²) in [5.41, 5.74) is 1.70. The van der Waals surface area contributed by atoms with Crippen LogP contribution < -0.4 is 20.1 Å². The van der Waals surface area contributed by atoms with E-state index < -0.39 is 0 Å². The number of anilines is 1. The molecule has 0 atom stereocenters. The Bertz CT molecular complexity index is 629. The average Bonchev–Trinajstić information content (AvgIpc) is 2.53. The highest BCUT2D eigenvalue weighted by molar-refractivity contribution is 5.90. The molecule has 2 amide bonds. The zero-order valence-corrected chi connectivity index (χ0v) is 12.8. The van der Waals surface area contributed by atoms with E-state index in [-0.39, 0.29) is 6.03 Å². The molecule has 2 rings (SSSR count). The first-order chi connectivity index (χ1) is 10.7. The molecular formula is C17H20N2O3. The number of rotatable bonds is 6. The van der Waals surface area contributed by atoms with E-state index >= 15 is 0 Å². The molecule has 2 aromatic carbocycles. The van der Waals surface area contributed by atoms with Gasteiger partial charge < -0.3 is 20.1 Å². The minimum Gasteiger partial charge on any atom is -0.495 e. The second-order valence-corrected chi connectivity index (χ2v) is 4.70. The number of para-hydroxylation sites is 3. The summed E-state index contributed by atoms with van der Waals surface area (Å²) in [5.74, 6) is 1.45. The molecule has 22 heavy (non-hydrogen) atoms. The Balaban J connectivity index is 1.75. The summed E-state index contributed by atoms with van der Waals surface area (Å²) in [6.07, 6.45) is 0. The van der Waals surface area contributed by atoms with Crippen LogP contribution in [-0.4, -0.2) is 26.3 Å². The smallest absolute Gasteiger partial charge is 0.319 e. The van der Waals surface area contributed by atoms with Gasteiger partial charge in [0.05, 0.1) is 19.3 Å². The zero-order chi connectivity index (χ0) is 15.8. The van der Waals surface area contributed by atoms with E-state index in [0.29, 0.717) is 24.6 Å². The molecule has 0 aliphatic carbocycles. The average molecular weight is 300 g/mol. The molecule has 0 heterocycles. The van der Waals surface area contributed by atoms with Crippen LogP contribution >= 0.6 is 0 Å². The highest BCUT2D eigenvalue weighted by atomic mass is 16.5.